The number of hydrogen-bond donors (Lipinski definition) is 1. The highest BCUT2D eigenvalue weighted by Crippen LogP contribution is 2.26. The Labute approximate surface area is 111 Å². The molecule has 2 rings (SSSR count). The van der Waals surface area contributed by atoms with Crippen molar-refractivity contribution >= 4 is 11.9 Å². The predicted octanol–water partition coefficient (Wildman–Crippen LogP) is 0.706. The van der Waals surface area contributed by atoms with Crippen molar-refractivity contribution in [3.8, 4) is 0 Å². The van der Waals surface area contributed by atoms with Gasteiger partial charge >= 0.3 is 5.97 Å². The quantitative estimate of drug-likeness (QED) is 0.866. The van der Waals surface area contributed by atoms with Crippen molar-refractivity contribution in [2.24, 2.45) is 0 Å². The fraction of sp³-hybridized carbons (Fsp3) is 0.462. The summed E-state index contributed by atoms with van der Waals surface area (Å²) in [7, 11) is 0. The first-order valence-electron chi connectivity index (χ1n) is 5.98. The lowest BCUT2D eigenvalue weighted by Crippen LogP contribution is -2.63. The molecule has 1 aromatic heterocycles. The first kappa shape index (κ1) is 13.5. The summed E-state index contributed by atoms with van der Waals surface area (Å²) in [6.45, 7) is 4.05. The molecule has 102 valence electrons. The molecule has 0 bridgehead atoms. The van der Waals surface area contributed by atoms with Gasteiger partial charge in [0.15, 0.2) is 0 Å². The Balaban J connectivity index is 1.95. The van der Waals surface area contributed by atoms with E-state index in [0.29, 0.717) is 18.8 Å². The molecule has 1 N–H and O–H groups in total. The number of carbonyl (C=O) groups is 2. The van der Waals surface area contributed by atoms with Gasteiger partial charge < -0.3 is 14.7 Å². The molecule has 6 nitrogen and oxygen atoms in total. The standard InChI is InChI=1S/C13H16N2O4/c1-9-4-3-5-14-11(9)12(18)15-7-13(2,8-15)19-6-10(16)17/h3-5H,6-8H2,1-2H3,(H,16,17). The normalized spacial score (nSPS) is 16.8. The van der Waals surface area contributed by atoms with Crippen LogP contribution in [-0.4, -0.2) is 52.2 Å². The molecule has 1 aromatic rings. The van der Waals surface area contributed by atoms with Gasteiger partial charge in [0, 0.05) is 6.20 Å². The zero-order chi connectivity index (χ0) is 14.0. The van der Waals surface area contributed by atoms with Crippen LogP contribution in [0.1, 0.15) is 23.0 Å². The fourth-order valence-electron chi connectivity index (χ4n) is 2.09. The summed E-state index contributed by atoms with van der Waals surface area (Å²) < 4.78 is 5.26. The summed E-state index contributed by atoms with van der Waals surface area (Å²) in [5, 5.41) is 8.57. The predicted molar refractivity (Wildman–Crippen MR) is 66.9 cm³/mol. The van der Waals surface area contributed by atoms with Gasteiger partial charge in [-0.1, -0.05) is 6.07 Å². The second-order valence-electron chi connectivity index (χ2n) is 4.96. The maximum absolute atomic E-state index is 12.2. The number of pyridine rings is 1. The van der Waals surface area contributed by atoms with Crippen LogP contribution < -0.4 is 0 Å². The second-order valence-corrected chi connectivity index (χ2v) is 4.96. The third-order valence-corrected chi connectivity index (χ3v) is 3.09. The lowest BCUT2D eigenvalue weighted by molar-refractivity contribution is -0.159. The van der Waals surface area contributed by atoms with Gasteiger partial charge in [-0.05, 0) is 25.5 Å². The Morgan fingerprint density at radius 3 is 2.79 bits per heavy atom. The Morgan fingerprint density at radius 1 is 1.53 bits per heavy atom. The summed E-state index contributed by atoms with van der Waals surface area (Å²) in [5.74, 6) is -1.15. The van der Waals surface area contributed by atoms with Crippen molar-refractivity contribution in [3.63, 3.8) is 0 Å². The van der Waals surface area contributed by atoms with Crippen molar-refractivity contribution in [2.45, 2.75) is 19.4 Å². The molecule has 19 heavy (non-hydrogen) atoms. The first-order chi connectivity index (χ1) is 8.91. The van der Waals surface area contributed by atoms with Gasteiger partial charge in [-0.2, -0.15) is 0 Å². The number of likely N-dealkylation sites (tertiary alicyclic amines) is 1. The zero-order valence-corrected chi connectivity index (χ0v) is 10.9. The number of aryl methyl sites for hydroxylation is 1. The molecule has 0 spiro atoms. The van der Waals surface area contributed by atoms with Crippen LogP contribution in [0.5, 0.6) is 0 Å². The number of carbonyl (C=O) groups excluding carboxylic acids is 1. The van der Waals surface area contributed by atoms with Gasteiger partial charge in [-0.25, -0.2) is 4.79 Å². The summed E-state index contributed by atoms with van der Waals surface area (Å²) >= 11 is 0. The van der Waals surface area contributed by atoms with Crippen LogP contribution in [0.25, 0.3) is 0 Å². The molecule has 0 atom stereocenters. The lowest BCUT2D eigenvalue weighted by atomic mass is 9.95. The molecule has 0 radical (unpaired) electrons. The SMILES string of the molecule is Cc1cccnc1C(=O)N1CC(C)(OCC(=O)O)C1. The molecule has 2 heterocycles. The molecule has 1 aliphatic rings. The summed E-state index contributed by atoms with van der Waals surface area (Å²) in [6.07, 6.45) is 1.58. The van der Waals surface area contributed by atoms with Crippen LogP contribution in [0.4, 0.5) is 0 Å². The molecule has 1 aliphatic heterocycles. The van der Waals surface area contributed by atoms with Crippen LogP contribution in [-0.2, 0) is 9.53 Å². The number of aliphatic carboxylic acids is 1. The largest absolute Gasteiger partial charge is 0.480 e. The average Bonchev–Trinajstić information content (AvgIpc) is 2.33. The van der Waals surface area contributed by atoms with Crippen LogP contribution in [0.3, 0.4) is 0 Å². The minimum absolute atomic E-state index is 0.144. The maximum Gasteiger partial charge on any atom is 0.329 e. The minimum atomic E-state index is -1.01. The number of hydrogen-bond acceptors (Lipinski definition) is 4. The van der Waals surface area contributed by atoms with E-state index < -0.39 is 11.6 Å². The van der Waals surface area contributed by atoms with Crippen molar-refractivity contribution in [2.75, 3.05) is 19.7 Å². The Morgan fingerprint density at radius 2 is 2.21 bits per heavy atom. The van der Waals surface area contributed by atoms with Crippen LogP contribution in [0, 0.1) is 6.92 Å². The number of carboxylic acid groups (broad SMARTS) is 1. The molecule has 0 saturated carbocycles. The van der Waals surface area contributed by atoms with E-state index in [1.807, 2.05) is 13.0 Å². The van der Waals surface area contributed by atoms with Crippen LogP contribution >= 0.6 is 0 Å². The molecule has 1 saturated heterocycles. The maximum atomic E-state index is 12.2. The van der Waals surface area contributed by atoms with Crippen molar-refractivity contribution in [1.82, 2.24) is 9.88 Å². The fourth-order valence-corrected chi connectivity index (χ4v) is 2.09. The monoisotopic (exact) mass is 264 g/mol. The highest BCUT2D eigenvalue weighted by Gasteiger charge is 2.43. The topological polar surface area (TPSA) is 79.7 Å². The van der Waals surface area contributed by atoms with E-state index in [1.54, 1.807) is 24.1 Å². The number of ether oxygens (including phenoxy) is 1. The molecule has 0 unspecified atom stereocenters. The van der Waals surface area contributed by atoms with Gasteiger partial charge in [-0.15, -0.1) is 0 Å². The zero-order valence-electron chi connectivity index (χ0n) is 10.9. The second kappa shape index (κ2) is 4.97. The number of rotatable bonds is 4. The Hall–Kier alpha value is -1.95. The van der Waals surface area contributed by atoms with Gasteiger partial charge in [-0.3, -0.25) is 9.78 Å². The van der Waals surface area contributed by atoms with Gasteiger partial charge in [0.25, 0.3) is 5.91 Å². The van der Waals surface area contributed by atoms with Crippen LogP contribution in [0.15, 0.2) is 18.3 Å². The van der Waals surface area contributed by atoms with Gasteiger partial charge in [0.05, 0.1) is 13.1 Å². The van der Waals surface area contributed by atoms with Crippen molar-refractivity contribution < 1.29 is 19.4 Å². The lowest BCUT2D eigenvalue weighted by Gasteiger charge is -2.47. The van der Waals surface area contributed by atoms with E-state index >= 15 is 0 Å². The molecular formula is C13H16N2O4. The number of aromatic nitrogens is 1. The van der Waals surface area contributed by atoms with E-state index in [0.717, 1.165) is 5.56 Å². The molecule has 1 fully saturated rings. The van der Waals surface area contributed by atoms with Gasteiger partial charge in [0.2, 0.25) is 0 Å². The van der Waals surface area contributed by atoms with E-state index in [9.17, 15) is 9.59 Å². The van der Waals surface area contributed by atoms with Gasteiger partial charge in [0.1, 0.15) is 17.9 Å². The highest BCUT2D eigenvalue weighted by atomic mass is 16.5. The smallest absolute Gasteiger partial charge is 0.329 e. The number of nitrogens with zero attached hydrogens (tertiary/aromatic N) is 2. The third kappa shape index (κ3) is 2.90. The van der Waals surface area contributed by atoms with E-state index in [-0.39, 0.29) is 12.5 Å². The molecule has 0 aliphatic carbocycles. The van der Waals surface area contributed by atoms with E-state index in [4.69, 9.17) is 9.84 Å². The van der Waals surface area contributed by atoms with E-state index in [2.05, 4.69) is 4.98 Å². The minimum Gasteiger partial charge on any atom is -0.480 e. The summed E-state index contributed by atoms with van der Waals surface area (Å²) in [5.41, 5.74) is 0.687. The first-order valence-corrected chi connectivity index (χ1v) is 5.98. The molecule has 6 heteroatoms. The van der Waals surface area contributed by atoms with Crippen molar-refractivity contribution in [1.29, 1.82) is 0 Å². The number of carboxylic acids is 1. The summed E-state index contributed by atoms with van der Waals surface area (Å²) in [6, 6.07) is 3.61. The Kier molecular flexibility index (Phi) is 3.53. The third-order valence-electron chi connectivity index (χ3n) is 3.09. The van der Waals surface area contributed by atoms with Crippen molar-refractivity contribution in [3.05, 3.63) is 29.6 Å². The average molecular weight is 264 g/mol. The summed E-state index contributed by atoms with van der Waals surface area (Å²) in [4.78, 5) is 28.3. The molecule has 0 aromatic carbocycles. The number of amides is 1. The molecule has 1 amide bonds. The molecular weight excluding hydrogens is 248 g/mol. The highest BCUT2D eigenvalue weighted by molar-refractivity contribution is 5.94. The Bertz CT molecular complexity index is 509. The van der Waals surface area contributed by atoms with Crippen LogP contribution in [0.2, 0.25) is 0 Å². The van der Waals surface area contributed by atoms with E-state index in [1.165, 1.54) is 0 Å².